The lowest BCUT2D eigenvalue weighted by Crippen LogP contribution is -2.20. The molecule has 2 heterocycles. The molecule has 0 amide bonds. The van der Waals surface area contributed by atoms with E-state index in [1.165, 1.54) is 0 Å². The van der Waals surface area contributed by atoms with Crippen LogP contribution in [0.25, 0.3) is 22.3 Å². The monoisotopic (exact) mass is 306 g/mol. The van der Waals surface area contributed by atoms with Crippen LogP contribution in [0.5, 0.6) is 0 Å². The summed E-state index contributed by atoms with van der Waals surface area (Å²) in [5.74, 6) is 0.242. The average molecular weight is 306 g/mol. The standard InChI is InChI=1S/C18H14N2O3/c1-2-23-18(22)11-7-8-12-10-20-16(14(12)9-11)19-15-6-4-3-5-13(15)17(20)21/h3-9H,2,10H2,1H3. The van der Waals surface area contributed by atoms with Crippen LogP contribution in [-0.4, -0.2) is 22.1 Å². The van der Waals surface area contributed by atoms with Gasteiger partial charge in [-0.2, -0.15) is 0 Å². The number of nitrogens with zero attached hydrogens (tertiary/aromatic N) is 2. The maximum atomic E-state index is 12.6. The Morgan fingerprint density at radius 3 is 2.91 bits per heavy atom. The minimum absolute atomic E-state index is 0.0560. The number of hydrogen-bond acceptors (Lipinski definition) is 4. The zero-order valence-electron chi connectivity index (χ0n) is 12.6. The molecule has 1 aromatic heterocycles. The number of ether oxygens (including phenoxy) is 1. The number of carbonyl (C=O) groups is 1. The maximum absolute atomic E-state index is 12.6. The van der Waals surface area contributed by atoms with Crippen molar-refractivity contribution in [3.63, 3.8) is 0 Å². The number of carbonyl (C=O) groups excluding carboxylic acids is 1. The molecule has 0 unspecified atom stereocenters. The minimum Gasteiger partial charge on any atom is -0.462 e. The third-order valence-corrected chi connectivity index (χ3v) is 4.05. The van der Waals surface area contributed by atoms with Crippen LogP contribution in [0.4, 0.5) is 0 Å². The second-order valence-electron chi connectivity index (χ2n) is 5.44. The summed E-state index contributed by atoms with van der Waals surface area (Å²) in [4.78, 5) is 29.2. The molecular weight excluding hydrogens is 292 g/mol. The summed E-state index contributed by atoms with van der Waals surface area (Å²) in [6.07, 6.45) is 0. The van der Waals surface area contributed by atoms with Crippen LogP contribution < -0.4 is 5.56 Å². The Morgan fingerprint density at radius 1 is 1.26 bits per heavy atom. The molecule has 2 aromatic carbocycles. The number of hydrogen-bond donors (Lipinski definition) is 0. The number of benzene rings is 2. The Balaban J connectivity index is 1.93. The van der Waals surface area contributed by atoms with E-state index in [0.29, 0.717) is 35.4 Å². The van der Waals surface area contributed by atoms with Crippen molar-refractivity contribution in [3.8, 4) is 11.4 Å². The fourth-order valence-corrected chi connectivity index (χ4v) is 2.95. The maximum Gasteiger partial charge on any atom is 0.338 e. The van der Waals surface area contributed by atoms with Crippen LogP contribution in [0.15, 0.2) is 47.3 Å². The van der Waals surface area contributed by atoms with Crippen LogP contribution in [0.1, 0.15) is 22.8 Å². The zero-order chi connectivity index (χ0) is 16.0. The number of fused-ring (bicyclic) bond motifs is 4. The van der Waals surface area contributed by atoms with Crippen LogP contribution >= 0.6 is 0 Å². The molecule has 0 bridgehead atoms. The molecule has 1 aliphatic heterocycles. The van der Waals surface area contributed by atoms with Crippen molar-refractivity contribution in [2.75, 3.05) is 6.61 Å². The molecule has 0 saturated heterocycles. The first kappa shape index (κ1) is 13.7. The summed E-state index contributed by atoms with van der Waals surface area (Å²) in [6, 6.07) is 12.6. The lowest BCUT2D eigenvalue weighted by Gasteiger charge is -2.05. The average Bonchev–Trinajstić information content (AvgIpc) is 2.94. The van der Waals surface area contributed by atoms with Gasteiger partial charge in [-0.25, -0.2) is 9.78 Å². The Kier molecular flexibility index (Phi) is 3.01. The van der Waals surface area contributed by atoms with Gasteiger partial charge in [0.25, 0.3) is 5.56 Å². The fraction of sp³-hybridized carbons (Fsp3) is 0.167. The zero-order valence-corrected chi connectivity index (χ0v) is 12.6. The van der Waals surface area contributed by atoms with Crippen LogP contribution in [0.3, 0.4) is 0 Å². The molecular formula is C18H14N2O3. The summed E-state index contributed by atoms with van der Waals surface area (Å²) in [5, 5.41) is 0.606. The minimum atomic E-state index is -0.364. The van der Waals surface area contributed by atoms with E-state index in [1.54, 1.807) is 29.7 Å². The summed E-state index contributed by atoms with van der Waals surface area (Å²) < 4.78 is 6.70. The van der Waals surface area contributed by atoms with E-state index in [-0.39, 0.29) is 11.5 Å². The van der Waals surface area contributed by atoms with Gasteiger partial charge in [-0.15, -0.1) is 0 Å². The molecule has 1 aliphatic rings. The molecule has 0 spiro atoms. The van der Waals surface area contributed by atoms with Gasteiger partial charge in [-0.05, 0) is 36.8 Å². The van der Waals surface area contributed by atoms with Crippen molar-refractivity contribution < 1.29 is 9.53 Å². The first-order valence-corrected chi connectivity index (χ1v) is 7.49. The third-order valence-electron chi connectivity index (χ3n) is 4.05. The van der Waals surface area contributed by atoms with Gasteiger partial charge in [0.2, 0.25) is 0 Å². The summed E-state index contributed by atoms with van der Waals surface area (Å²) in [6.45, 7) is 2.58. The smallest absolute Gasteiger partial charge is 0.338 e. The van der Waals surface area contributed by atoms with Gasteiger partial charge in [0.1, 0.15) is 5.82 Å². The highest BCUT2D eigenvalue weighted by Gasteiger charge is 2.23. The molecule has 4 rings (SSSR count). The van der Waals surface area contributed by atoms with Gasteiger partial charge in [0.05, 0.1) is 29.6 Å². The topological polar surface area (TPSA) is 61.2 Å². The van der Waals surface area contributed by atoms with E-state index >= 15 is 0 Å². The lowest BCUT2D eigenvalue weighted by atomic mass is 10.1. The molecule has 5 nitrogen and oxygen atoms in total. The Hall–Kier alpha value is -2.95. The number of para-hydroxylation sites is 1. The molecule has 0 atom stereocenters. The van der Waals surface area contributed by atoms with Gasteiger partial charge in [0.15, 0.2) is 0 Å². The summed E-state index contributed by atoms with van der Waals surface area (Å²) in [7, 11) is 0. The van der Waals surface area contributed by atoms with Crippen molar-refractivity contribution in [1.29, 1.82) is 0 Å². The lowest BCUT2D eigenvalue weighted by molar-refractivity contribution is 0.0526. The molecule has 3 aromatic rings. The van der Waals surface area contributed by atoms with Gasteiger partial charge < -0.3 is 4.74 Å². The summed E-state index contributed by atoms with van der Waals surface area (Å²) in [5.41, 5.74) is 2.88. The van der Waals surface area contributed by atoms with Crippen molar-refractivity contribution in [2.45, 2.75) is 13.5 Å². The van der Waals surface area contributed by atoms with Crippen LogP contribution in [0.2, 0.25) is 0 Å². The second-order valence-corrected chi connectivity index (χ2v) is 5.44. The van der Waals surface area contributed by atoms with E-state index in [4.69, 9.17) is 4.74 Å². The largest absolute Gasteiger partial charge is 0.462 e. The highest BCUT2D eigenvalue weighted by molar-refractivity contribution is 5.92. The number of esters is 1. The predicted molar refractivity (Wildman–Crippen MR) is 86.5 cm³/mol. The van der Waals surface area contributed by atoms with Gasteiger partial charge in [-0.3, -0.25) is 9.36 Å². The van der Waals surface area contributed by atoms with E-state index in [1.807, 2.05) is 24.3 Å². The van der Waals surface area contributed by atoms with Crippen LogP contribution in [-0.2, 0) is 11.3 Å². The van der Waals surface area contributed by atoms with Crippen molar-refractivity contribution in [2.24, 2.45) is 0 Å². The molecule has 0 fully saturated rings. The molecule has 0 N–H and O–H groups in total. The van der Waals surface area contributed by atoms with Crippen molar-refractivity contribution in [1.82, 2.24) is 9.55 Å². The first-order chi connectivity index (χ1) is 11.2. The normalized spacial score (nSPS) is 12.0. The Labute approximate surface area is 132 Å². The fourth-order valence-electron chi connectivity index (χ4n) is 2.95. The van der Waals surface area contributed by atoms with E-state index in [0.717, 1.165) is 11.1 Å². The molecule has 0 aliphatic carbocycles. The predicted octanol–water partition coefficient (Wildman–Crippen LogP) is 2.60. The molecule has 5 heteroatoms. The highest BCUT2D eigenvalue weighted by atomic mass is 16.5. The number of rotatable bonds is 2. The van der Waals surface area contributed by atoms with E-state index < -0.39 is 0 Å². The van der Waals surface area contributed by atoms with Gasteiger partial charge in [0, 0.05) is 5.56 Å². The van der Waals surface area contributed by atoms with Gasteiger partial charge >= 0.3 is 5.97 Å². The molecule has 114 valence electrons. The number of aromatic nitrogens is 2. The molecule has 23 heavy (non-hydrogen) atoms. The highest BCUT2D eigenvalue weighted by Crippen LogP contribution is 2.31. The Bertz CT molecular complexity index is 1000. The SMILES string of the molecule is CCOC(=O)c1ccc2c(c1)-c1nc3ccccc3c(=O)n1C2. The molecule has 0 radical (unpaired) electrons. The summed E-state index contributed by atoms with van der Waals surface area (Å²) >= 11 is 0. The quantitative estimate of drug-likeness (QED) is 0.534. The second kappa shape index (κ2) is 5.05. The Morgan fingerprint density at radius 2 is 2.09 bits per heavy atom. The van der Waals surface area contributed by atoms with Crippen molar-refractivity contribution >= 4 is 16.9 Å². The molecule has 0 saturated carbocycles. The third kappa shape index (κ3) is 2.04. The van der Waals surface area contributed by atoms with Gasteiger partial charge in [-0.1, -0.05) is 18.2 Å². The van der Waals surface area contributed by atoms with Crippen molar-refractivity contribution in [3.05, 3.63) is 63.9 Å². The van der Waals surface area contributed by atoms with E-state index in [2.05, 4.69) is 4.98 Å². The first-order valence-electron chi connectivity index (χ1n) is 7.49. The van der Waals surface area contributed by atoms with Crippen LogP contribution in [0, 0.1) is 0 Å². The van der Waals surface area contributed by atoms with E-state index in [9.17, 15) is 9.59 Å².